The Bertz CT molecular complexity index is 122. The Labute approximate surface area is 52.1 Å². The van der Waals surface area contributed by atoms with Crippen molar-refractivity contribution in [1.82, 2.24) is 0 Å². The molecule has 2 atom stereocenters. The molecule has 1 aliphatic rings. The van der Waals surface area contributed by atoms with Crippen LogP contribution < -0.4 is 0 Å². The molecule has 1 saturated heterocycles. The van der Waals surface area contributed by atoms with Crippen LogP contribution in [0.15, 0.2) is 0 Å². The first-order valence-electron chi connectivity index (χ1n) is 2.70. The molecular formula is C5H8O4. The molecule has 4 nitrogen and oxygen atoms in total. The molecule has 2 N–H and O–H groups in total. The van der Waals surface area contributed by atoms with Gasteiger partial charge >= 0.3 is 5.97 Å². The minimum atomic E-state index is -0.986. The summed E-state index contributed by atoms with van der Waals surface area (Å²) in [7, 11) is 0. The molecule has 0 aromatic carbocycles. The highest BCUT2D eigenvalue weighted by Crippen LogP contribution is 2.12. The number of ether oxygens (including phenoxy) is 1. The first kappa shape index (κ1) is 6.51. The maximum Gasteiger partial charge on any atom is 0.311 e. The fourth-order valence-electron chi connectivity index (χ4n) is 0.779. The van der Waals surface area contributed by atoms with Gasteiger partial charge in [-0.3, -0.25) is 4.79 Å². The summed E-state index contributed by atoms with van der Waals surface area (Å²) in [6.07, 6.45) is -0.817. The number of aliphatic carboxylic acids is 1. The van der Waals surface area contributed by atoms with Crippen molar-refractivity contribution in [3.05, 3.63) is 0 Å². The number of aliphatic hydroxyl groups excluding tert-OH is 1. The number of aliphatic hydroxyl groups is 1. The molecule has 0 aromatic rings. The van der Waals surface area contributed by atoms with Crippen LogP contribution in [0.4, 0.5) is 0 Å². The zero-order valence-electron chi connectivity index (χ0n) is 4.78. The van der Waals surface area contributed by atoms with Crippen LogP contribution in [0.2, 0.25) is 0 Å². The lowest BCUT2D eigenvalue weighted by Crippen LogP contribution is -2.25. The first-order valence-corrected chi connectivity index (χ1v) is 2.70. The van der Waals surface area contributed by atoms with Gasteiger partial charge in [0.25, 0.3) is 0 Å². The fraction of sp³-hybridized carbons (Fsp3) is 0.800. The van der Waals surface area contributed by atoms with Crippen molar-refractivity contribution in [1.29, 1.82) is 0 Å². The van der Waals surface area contributed by atoms with Crippen LogP contribution in [0.5, 0.6) is 0 Å². The van der Waals surface area contributed by atoms with E-state index in [0.717, 1.165) is 0 Å². The minimum Gasteiger partial charge on any atom is -0.481 e. The summed E-state index contributed by atoms with van der Waals surface area (Å²) in [5.74, 6) is -1.70. The van der Waals surface area contributed by atoms with Gasteiger partial charge in [0.15, 0.2) is 0 Å². The van der Waals surface area contributed by atoms with Crippen LogP contribution in [-0.4, -0.2) is 35.5 Å². The highest BCUT2D eigenvalue weighted by Gasteiger charge is 2.31. The standard InChI is InChI=1S/C5H8O4/c6-4-2-9-1-3(4)5(7)8/h3-4,6H,1-2H2,(H,7,8)/t3-,4+/m0/s1. The molecule has 0 bridgehead atoms. The van der Waals surface area contributed by atoms with Crippen LogP contribution in [0.3, 0.4) is 0 Å². The minimum absolute atomic E-state index is 0.135. The molecule has 1 fully saturated rings. The third-order valence-electron chi connectivity index (χ3n) is 1.37. The molecule has 9 heavy (non-hydrogen) atoms. The largest absolute Gasteiger partial charge is 0.481 e. The molecule has 1 aliphatic heterocycles. The summed E-state index contributed by atoms with van der Waals surface area (Å²) in [4.78, 5) is 10.2. The van der Waals surface area contributed by atoms with Gasteiger partial charge < -0.3 is 14.9 Å². The van der Waals surface area contributed by atoms with Crippen molar-refractivity contribution >= 4 is 5.97 Å². The van der Waals surface area contributed by atoms with Gasteiger partial charge in [0.2, 0.25) is 0 Å². The highest BCUT2D eigenvalue weighted by molar-refractivity contribution is 5.71. The number of carboxylic acid groups (broad SMARTS) is 1. The molecule has 52 valence electrons. The SMILES string of the molecule is O=C(O)[C@H]1COC[C@H]1O. The van der Waals surface area contributed by atoms with Gasteiger partial charge in [-0.15, -0.1) is 0 Å². The van der Waals surface area contributed by atoms with Crippen LogP contribution in [0, 0.1) is 5.92 Å². The number of carboxylic acids is 1. The highest BCUT2D eigenvalue weighted by atomic mass is 16.5. The van der Waals surface area contributed by atoms with Gasteiger partial charge in [0.1, 0.15) is 5.92 Å². The molecule has 0 amide bonds. The van der Waals surface area contributed by atoms with Crippen molar-refractivity contribution < 1.29 is 19.7 Å². The Balaban J connectivity index is 2.49. The number of hydrogen-bond acceptors (Lipinski definition) is 3. The van der Waals surface area contributed by atoms with E-state index in [1.165, 1.54) is 0 Å². The third kappa shape index (κ3) is 1.20. The van der Waals surface area contributed by atoms with E-state index in [1.807, 2.05) is 0 Å². The molecular weight excluding hydrogens is 124 g/mol. The zero-order chi connectivity index (χ0) is 6.85. The summed E-state index contributed by atoms with van der Waals surface area (Å²) < 4.78 is 4.70. The van der Waals surface area contributed by atoms with E-state index in [9.17, 15) is 4.79 Å². The van der Waals surface area contributed by atoms with Gasteiger partial charge in [0.05, 0.1) is 19.3 Å². The molecule has 0 radical (unpaired) electrons. The van der Waals surface area contributed by atoms with Crippen LogP contribution >= 0.6 is 0 Å². The smallest absolute Gasteiger partial charge is 0.311 e. The molecule has 1 rings (SSSR count). The topological polar surface area (TPSA) is 66.8 Å². The molecule has 1 heterocycles. The Morgan fingerprint density at radius 3 is 2.44 bits per heavy atom. The number of rotatable bonds is 1. The Morgan fingerprint density at radius 1 is 1.56 bits per heavy atom. The number of hydrogen-bond donors (Lipinski definition) is 2. The lowest BCUT2D eigenvalue weighted by molar-refractivity contribution is -0.144. The summed E-state index contributed by atoms with van der Waals surface area (Å²) in [5.41, 5.74) is 0. The molecule has 0 spiro atoms. The van der Waals surface area contributed by atoms with Crippen molar-refractivity contribution in [3.63, 3.8) is 0 Å². The number of carbonyl (C=O) groups is 1. The van der Waals surface area contributed by atoms with E-state index in [1.54, 1.807) is 0 Å². The van der Waals surface area contributed by atoms with Crippen LogP contribution in [0.1, 0.15) is 0 Å². The molecule has 0 unspecified atom stereocenters. The van der Waals surface area contributed by atoms with E-state index in [0.29, 0.717) is 0 Å². The van der Waals surface area contributed by atoms with Gasteiger partial charge in [-0.1, -0.05) is 0 Å². The van der Waals surface area contributed by atoms with Crippen molar-refractivity contribution in [2.45, 2.75) is 6.10 Å². The fourth-order valence-corrected chi connectivity index (χ4v) is 0.779. The van der Waals surface area contributed by atoms with Crippen molar-refractivity contribution in [2.24, 2.45) is 5.92 Å². The predicted molar refractivity (Wildman–Crippen MR) is 28.0 cm³/mol. The molecule has 0 aliphatic carbocycles. The van der Waals surface area contributed by atoms with Gasteiger partial charge in [0, 0.05) is 0 Å². The molecule has 4 heteroatoms. The van der Waals surface area contributed by atoms with Gasteiger partial charge in [-0.2, -0.15) is 0 Å². The lowest BCUT2D eigenvalue weighted by Gasteiger charge is -2.03. The average molecular weight is 132 g/mol. The summed E-state index contributed by atoms with van der Waals surface area (Å²) in [6.45, 7) is 0.285. The summed E-state index contributed by atoms with van der Waals surface area (Å²) in [6, 6.07) is 0. The van der Waals surface area contributed by atoms with Gasteiger partial charge in [-0.05, 0) is 0 Å². The normalized spacial score (nSPS) is 34.8. The van der Waals surface area contributed by atoms with Crippen molar-refractivity contribution in [3.8, 4) is 0 Å². The van der Waals surface area contributed by atoms with Crippen molar-refractivity contribution in [2.75, 3.05) is 13.2 Å². The van der Waals surface area contributed by atoms with E-state index in [2.05, 4.69) is 0 Å². The van der Waals surface area contributed by atoms with E-state index < -0.39 is 18.0 Å². The second-order valence-electron chi connectivity index (χ2n) is 2.05. The Hall–Kier alpha value is -0.610. The maximum atomic E-state index is 10.2. The van der Waals surface area contributed by atoms with Gasteiger partial charge in [-0.25, -0.2) is 0 Å². The third-order valence-corrected chi connectivity index (χ3v) is 1.37. The predicted octanol–water partition coefficient (Wildman–Crippen LogP) is -0.922. The second kappa shape index (κ2) is 2.33. The monoisotopic (exact) mass is 132 g/mol. The zero-order valence-corrected chi connectivity index (χ0v) is 4.78. The average Bonchev–Trinajstić information content (AvgIpc) is 2.13. The Morgan fingerprint density at radius 2 is 2.22 bits per heavy atom. The summed E-state index contributed by atoms with van der Waals surface area (Å²) in [5, 5.41) is 17.2. The Kier molecular flexibility index (Phi) is 1.68. The molecule has 0 aromatic heterocycles. The van der Waals surface area contributed by atoms with E-state index >= 15 is 0 Å². The summed E-state index contributed by atoms with van der Waals surface area (Å²) >= 11 is 0. The molecule has 0 saturated carbocycles. The quantitative estimate of drug-likeness (QED) is 0.484. The van der Waals surface area contributed by atoms with Crippen LogP contribution in [-0.2, 0) is 9.53 Å². The lowest BCUT2D eigenvalue weighted by atomic mass is 10.1. The first-order chi connectivity index (χ1) is 4.22. The van der Waals surface area contributed by atoms with E-state index in [4.69, 9.17) is 14.9 Å². The second-order valence-corrected chi connectivity index (χ2v) is 2.05. The van der Waals surface area contributed by atoms with Crippen LogP contribution in [0.25, 0.3) is 0 Å². The van der Waals surface area contributed by atoms with E-state index in [-0.39, 0.29) is 13.2 Å². The maximum absolute atomic E-state index is 10.2.